The predicted octanol–water partition coefficient (Wildman–Crippen LogP) is 3.16. The highest BCUT2D eigenvalue weighted by Crippen LogP contribution is 2.28. The number of anilines is 2. The molecule has 0 spiro atoms. The van der Waals surface area contributed by atoms with Crippen LogP contribution in [0.5, 0.6) is 5.75 Å². The van der Waals surface area contributed by atoms with Gasteiger partial charge < -0.3 is 15.5 Å². The van der Waals surface area contributed by atoms with Crippen LogP contribution in [0.3, 0.4) is 0 Å². The number of nitrogens with zero attached hydrogens (tertiary/aromatic N) is 1. The fraction of sp³-hybridized carbons (Fsp3) is 0.154. The van der Waals surface area contributed by atoms with Crippen LogP contribution in [0.4, 0.5) is 11.6 Å². The van der Waals surface area contributed by atoms with Crippen molar-refractivity contribution in [2.45, 2.75) is 0 Å². The van der Waals surface area contributed by atoms with Crippen molar-refractivity contribution in [3.63, 3.8) is 0 Å². The van der Waals surface area contributed by atoms with Crippen molar-refractivity contribution < 1.29 is 4.74 Å². The van der Waals surface area contributed by atoms with Crippen molar-refractivity contribution >= 4 is 34.8 Å². The van der Waals surface area contributed by atoms with Gasteiger partial charge in [-0.15, -0.1) is 0 Å². The van der Waals surface area contributed by atoms with Crippen molar-refractivity contribution in [2.75, 3.05) is 23.9 Å². The Morgan fingerprint density at radius 1 is 1.10 bits per heavy atom. The van der Waals surface area contributed by atoms with Gasteiger partial charge in [-0.05, 0) is 18.2 Å². The highest BCUT2D eigenvalue weighted by atomic mass is 35.5. The number of ether oxygens (including phenoxy) is 1. The number of nitrogens with one attached hydrogen (secondary N) is 2. The van der Waals surface area contributed by atoms with E-state index in [1.54, 1.807) is 6.07 Å². The molecule has 4 N–H and O–H groups in total. The third-order valence-corrected chi connectivity index (χ3v) is 3.05. The standard InChI is InChI=1S/C13H14Cl2N4O/c14-10-8-11(15)13(19-16)18-12(10)17-6-7-20-9-4-2-1-3-5-9/h1-5,8H,6-7,16H2,(H2,17,18,19). The molecule has 0 aliphatic rings. The fourth-order valence-electron chi connectivity index (χ4n) is 1.55. The number of nitrogens with two attached hydrogens (primary N) is 1. The number of hydrogen-bond donors (Lipinski definition) is 3. The SMILES string of the molecule is NNc1nc(NCCOc2ccccc2)c(Cl)cc1Cl. The minimum absolute atomic E-state index is 0.363. The van der Waals surface area contributed by atoms with E-state index in [4.69, 9.17) is 33.8 Å². The molecule has 0 fully saturated rings. The minimum atomic E-state index is 0.363. The number of para-hydroxylation sites is 1. The first-order chi connectivity index (χ1) is 9.70. The van der Waals surface area contributed by atoms with Crippen molar-refractivity contribution in [1.29, 1.82) is 0 Å². The lowest BCUT2D eigenvalue weighted by atomic mass is 10.3. The summed E-state index contributed by atoms with van der Waals surface area (Å²) in [5.74, 6) is 6.99. The highest BCUT2D eigenvalue weighted by molar-refractivity contribution is 6.37. The zero-order valence-electron chi connectivity index (χ0n) is 10.6. The van der Waals surface area contributed by atoms with Crippen molar-refractivity contribution in [1.82, 2.24) is 4.98 Å². The Balaban J connectivity index is 1.88. The summed E-state index contributed by atoms with van der Waals surface area (Å²) in [5, 5.41) is 3.85. The van der Waals surface area contributed by atoms with Crippen LogP contribution in [-0.4, -0.2) is 18.1 Å². The Hall–Kier alpha value is -1.69. The summed E-state index contributed by atoms with van der Waals surface area (Å²) in [7, 11) is 0. The van der Waals surface area contributed by atoms with Crippen LogP contribution in [0.15, 0.2) is 36.4 Å². The molecule has 0 saturated heterocycles. The monoisotopic (exact) mass is 312 g/mol. The quantitative estimate of drug-likeness (QED) is 0.434. The van der Waals surface area contributed by atoms with E-state index in [1.807, 2.05) is 30.3 Å². The molecule has 1 heterocycles. The van der Waals surface area contributed by atoms with E-state index in [-0.39, 0.29) is 0 Å². The van der Waals surface area contributed by atoms with E-state index in [0.717, 1.165) is 5.75 Å². The number of aromatic nitrogens is 1. The van der Waals surface area contributed by atoms with Crippen molar-refractivity contribution in [2.24, 2.45) is 5.84 Å². The molecule has 5 nitrogen and oxygen atoms in total. The van der Waals surface area contributed by atoms with E-state index in [1.165, 1.54) is 0 Å². The van der Waals surface area contributed by atoms with Crippen LogP contribution in [0.2, 0.25) is 10.0 Å². The van der Waals surface area contributed by atoms with Gasteiger partial charge in [0.15, 0.2) is 5.82 Å². The molecule has 0 amide bonds. The van der Waals surface area contributed by atoms with Crippen molar-refractivity contribution in [3.05, 3.63) is 46.4 Å². The number of rotatable bonds is 6. The van der Waals surface area contributed by atoms with E-state index in [0.29, 0.717) is 34.8 Å². The Bertz CT molecular complexity index is 566. The zero-order valence-corrected chi connectivity index (χ0v) is 12.1. The van der Waals surface area contributed by atoms with Crippen molar-refractivity contribution in [3.8, 4) is 5.75 Å². The summed E-state index contributed by atoms with van der Waals surface area (Å²) in [6, 6.07) is 11.1. The van der Waals surface area contributed by atoms with E-state index in [9.17, 15) is 0 Å². The van der Waals surface area contributed by atoms with Gasteiger partial charge >= 0.3 is 0 Å². The average Bonchev–Trinajstić information content (AvgIpc) is 2.46. The topological polar surface area (TPSA) is 72.2 Å². The van der Waals surface area contributed by atoms with Gasteiger partial charge in [0.05, 0.1) is 16.6 Å². The summed E-state index contributed by atoms with van der Waals surface area (Å²) in [6.45, 7) is 1.03. The molecular formula is C13H14Cl2N4O. The van der Waals surface area contributed by atoms with Gasteiger partial charge in [0.25, 0.3) is 0 Å². The third kappa shape index (κ3) is 3.90. The van der Waals surface area contributed by atoms with Gasteiger partial charge in [-0.1, -0.05) is 41.4 Å². The highest BCUT2D eigenvalue weighted by Gasteiger charge is 2.08. The average molecular weight is 313 g/mol. The molecule has 2 aromatic rings. The van der Waals surface area contributed by atoms with Crippen LogP contribution >= 0.6 is 23.2 Å². The second-order valence-corrected chi connectivity index (χ2v) is 4.70. The molecule has 1 aromatic heterocycles. The van der Waals surface area contributed by atoms with Gasteiger partial charge in [-0.3, -0.25) is 0 Å². The molecule has 7 heteroatoms. The van der Waals surface area contributed by atoms with Crippen LogP contribution in [0.1, 0.15) is 0 Å². The minimum Gasteiger partial charge on any atom is -0.492 e. The summed E-state index contributed by atoms with van der Waals surface area (Å²) in [6.07, 6.45) is 0. The van der Waals surface area contributed by atoms with Gasteiger partial charge in [-0.2, -0.15) is 0 Å². The lowest BCUT2D eigenvalue weighted by Crippen LogP contribution is -2.14. The van der Waals surface area contributed by atoms with Crippen LogP contribution < -0.4 is 21.3 Å². The summed E-state index contributed by atoms with van der Waals surface area (Å²) >= 11 is 11.9. The molecule has 0 atom stereocenters. The number of nitrogen functional groups attached to an aromatic ring is 1. The fourth-order valence-corrected chi connectivity index (χ4v) is 2.03. The van der Waals surface area contributed by atoms with E-state index in [2.05, 4.69) is 15.7 Å². The largest absolute Gasteiger partial charge is 0.492 e. The van der Waals surface area contributed by atoms with Gasteiger partial charge in [-0.25, -0.2) is 10.8 Å². The van der Waals surface area contributed by atoms with Gasteiger partial charge in [0, 0.05) is 0 Å². The summed E-state index contributed by atoms with van der Waals surface area (Å²) in [4.78, 5) is 4.17. The molecule has 0 unspecified atom stereocenters. The van der Waals surface area contributed by atoms with Gasteiger partial charge in [0.2, 0.25) is 0 Å². The molecule has 1 aromatic carbocycles. The van der Waals surface area contributed by atoms with E-state index >= 15 is 0 Å². The van der Waals surface area contributed by atoms with Gasteiger partial charge in [0.1, 0.15) is 18.2 Å². The smallest absolute Gasteiger partial charge is 0.161 e. The number of pyridine rings is 1. The molecule has 2 rings (SSSR count). The first kappa shape index (κ1) is 14.7. The van der Waals surface area contributed by atoms with Crippen LogP contribution in [-0.2, 0) is 0 Å². The normalized spacial score (nSPS) is 10.2. The second-order valence-electron chi connectivity index (χ2n) is 3.88. The number of hydrogen-bond acceptors (Lipinski definition) is 5. The summed E-state index contributed by atoms with van der Waals surface area (Å²) in [5.41, 5.74) is 2.41. The maximum atomic E-state index is 6.04. The Morgan fingerprint density at radius 2 is 1.80 bits per heavy atom. The molecule has 20 heavy (non-hydrogen) atoms. The molecular weight excluding hydrogens is 299 g/mol. The lowest BCUT2D eigenvalue weighted by molar-refractivity contribution is 0.333. The molecule has 0 bridgehead atoms. The van der Waals surface area contributed by atoms with E-state index < -0.39 is 0 Å². The maximum Gasteiger partial charge on any atom is 0.161 e. The predicted molar refractivity (Wildman–Crippen MR) is 82.5 cm³/mol. The lowest BCUT2D eigenvalue weighted by Gasteiger charge is -2.11. The number of halogens is 2. The number of hydrazine groups is 1. The first-order valence-electron chi connectivity index (χ1n) is 5.95. The molecule has 0 saturated carbocycles. The molecule has 0 radical (unpaired) electrons. The maximum absolute atomic E-state index is 6.04. The van der Waals surface area contributed by atoms with Crippen LogP contribution in [0.25, 0.3) is 0 Å². The molecule has 106 valence electrons. The molecule has 0 aliphatic carbocycles. The molecule has 0 aliphatic heterocycles. The Labute approximate surface area is 127 Å². The Morgan fingerprint density at radius 3 is 2.50 bits per heavy atom. The summed E-state index contributed by atoms with van der Waals surface area (Å²) < 4.78 is 5.55. The first-order valence-corrected chi connectivity index (χ1v) is 6.70. The van der Waals surface area contributed by atoms with Crippen LogP contribution in [0, 0.1) is 0 Å². The zero-order chi connectivity index (χ0) is 14.4. The third-order valence-electron chi connectivity index (χ3n) is 2.47. The Kier molecular flexibility index (Phi) is 5.29. The second kappa shape index (κ2) is 7.19. The number of benzene rings is 1.